The number of anilines is 2. The predicted octanol–water partition coefficient (Wildman–Crippen LogP) is 7.18. The number of amides is 2. The first kappa shape index (κ1) is 29.2. The summed E-state index contributed by atoms with van der Waals surface area (Å²) in [5, 5.41) is 6.13. The fourth-order valence-electron chi connectivity index (χ4n) is 4.54. The molecule has 0 fully saturated rings. The van der Waals surface area contributed by atoms with Crippen LogP contribution in [0.5, 0.6) is 0 Å². The molecule has 8 heteroatoms. The number of methoxy groups -OCH3 is 1. The van der Waals surface area contributed by atoms with Gasteiger partial charge in [-0.15, -0.1) is 23.1 Å². The Morgan fingerprint density at radius 2 is 1.84 bits per heavy atom. The zero-order valence-electron chi connectivity index (χ0n) is 23.2. The number of thiophene rings is 1. The molecule has 202 valence electrons. The van der Waals surface area contributed by atoms with E-state index in [1.54, 1.807) is 0 Å². The molecule has 2 amide bonds. The van der Waals surface area contributed by atoms with E-state index in [-0.39, 0.29) is 22.6 Å². The second kappa shape index (κ2) is 11.6. The summed E-state index contributed by atoms with van der Waals surface area (Å²) < 4.78 is 5.08. The van der Waals surface area contributed by atoms with Crippen LogP contribution in [0.3, 0.4) is 0 Å². The Kier molecular flexibility index (Phi) is 9.17. The highest BCUT2D eigenvalue weighted by Gasteiger charge is 2.34. The third-order valence-electron chi connectivity index (χ3n) is 6.61. The standard InChI is InChI=1S/C29H40N2O4S2/c1-17(36-20-11-9-10-19(15-20)30-23(32)16-28(2,3)4)25(33)31-26-24(27(34)35-8)21-13-12-18(29(5,6)7)14-22(21)37-26/h9-11,15,17-18H,12-14,16H2,1-8H3,(H,30,32)(H,31,33). The van der Waals surface area contributed by atoms with Crippen molar-refractivity contribution in [3.05, 3.63) is 40.3 Å². The molecule has 2 N–H and O–H groups in total. The van der Waals surface area contributed by atoms with E-state index in [0.29, 0.717) is 28.6 Å². The van der Waals surface area contributed by atoms with Crippen LogP contribution >= 0.6 is 23.1 Å². The molecule has 1 aromatic heterocycles. The van der Waals surface area contributed by atoms with Crippen molar-refractivity contribution < 1.29 is 19.1 Å². The minimum atomic E-state index is -0.410. The summed E-state index contributed by atoms with van der Waals surface area (Å²) in [6.07, 6.45) is 3.15. The number of fused-ring (bicyclic) bond motifs is 1. The molecule has 0 saturated heterocycles. The van der Waals surface area contributed by atoms with Crippen molar-refractivity contribution in [3.8, 4) is 0 Å². The fourth-order valence-corrected chi connectivity index (χ4v) is 6.78. The Morgan fingerprint density at radius 1 is 1.14 bits per heavy atom. The topological polar surface area (TPSA) is 84.5 Å². The van der Waals surface area contributed by atoms with Gasteiger partial charge in [-0.25, -0.2) is 4.79 Å². The van der Waals surface area contributed by atoms with Crippen molar-refractivity contribution in [2.24, 2.45) is 16.7 Å². The lowest BCUT2D eigenvalue weighted by Crippen LogP contribution is -2.26. The number of hydrogen-bond acceptors (Lipinski definition) is 6. The smallest absolute Gasteiger partial charge is 0.341 e. The van der Waals surface area contributed by atoms with Gasteiger partial charge in [0, 0.05) is 21.9 Å². The number of benzene rings is 1. The Hall–Kier alpha value is -2.32. The van der Waals surface area contributed by atoms with Crippen molar-refractivity contribution >= 4 is 51.6 Å². The van der Waals surface area contributed by atoms with Gasteiger partial charge in [-0.3, -0.25) is 9.59 Å². The van der Waals surface area contributed by atoms with E-state index in [2.05, 4.69) is 31.4 Å². The maximum Gasteiger partial charge on any atom is 0.341 e. The number of nitrogens with one attached hydrogen (secondary N) is 2. The number of carbonyl (C=O) groups is 3. The molecule has 2 aromatic rings. The van der Waals surface area contributed by atoms with Gasteiger partial charge in [-0.05, 0) is 66.7 Å². The third kappa shape index (κ3) is 7.84. The van der Waals surface area contributed by atoms with Crippen LogP contribution in [0.2, 0.25) is 0 Å². The molecule has 2 unspecified atom stereocenters. The molecule has 3 rings (SSSR count). The fraction of sp³-hybridized carbons (Fsp3) is 0.552. The molecule has 37 heavy (non-hydrogen) atoms. The molecule has 2 atom stereocenters. The molecule has 0 bridgehead atoms. The van der Waals surface area contributed by atoms with Crippen molar-refractivity contribution in [3.63, 3.8) is 0 Å². The molecule has 0 spiro atoms. The zero-order valence-corrected chi connectivity index (χ0v) is 24.9. The molecule has 1 aliphatic rings. The van der Waals surface area contributed by atoms with Gasteiger partial charge in [0.2, 0.25) is 11.8 Å². The minimum absolute atomic E-state index is 0.0360. The first-order valence-electron chi connectivity index (χ1n) is 12.8. The number of carbonyl (C=O) groups excluding carboxylic acids is 3. The van der Waals surface area contributed by atoms with Crippen molar-refractivity contribution in [2.75, 3.05) is 17.7 Å². The Morgan fingerprint density at radius 3 is 2.46 bits per heavy atom. The first-order valence-corrected chi connectivity index (χ1v) is 14.5. The van der Waals surface area contributed by atoms with Crippen LogP contribution in [0, 0.1) is 16.7 Å². The zero-order chi connectivity index (χ0) is 27.5. The van der Waals surface area contributed by atoms with Crippen LogP contribution in [-0.4, -0.2) is 30.1 Å². The van der Waals surface area contributed by atoms with Crippen LogP contribution in [0.25, 0.3) is 0 Å². The SMILES string of the molecule is COC(=O)c1c(NC(=O)C(C)Sc2cccc(NC(=O)CC(C)(C)C)c2)sc2c1CCC(C(C)(C)C)C2. The summed E-state index contributed by atoms with van der Waals surface area (Å²) in [7, 11) is 1.38. The highest BCUT2D eigenvalue weighted by Crippen LogP contribution is 2.44. The quantitative estimate of drug-likeness (QED) is 0.285. The minimum Gasteiger partial charge on any atom is -0.465 e. The number of hydrogen-bond donors (Lipinski definition) is 2. The molecule has 0 aliphatic heterocycles. The molecule has 1 aliphatic carbocycles. The molecule has 1 heterocycles. The monoisotopic (exact) mass is 544 g/mol. The van der Waals surface area contributed by atoms with Gasteiger partial charge in [0.05, 0.1) is 17.9 Å². The summed E-state index contributed by atoms with van der Waals surface area (Å²) in [6, 6.07) is 7.52. The number of esters is 1. The molecular weight excluding hydrogens is 504 g/mol. The van der Waals surface area contributed by atoms with Crippen molar-refractivity contribution in [2.45, 2.75) is 84.3 Å². The molecule has 0 radical (unpaired) electrons. The molecule has 1 aromatic carbocycles. The van der Waals surface area contributed by atoms with Gasteiger partial charge >= 0.3 is 5.97 Å². The lowest BCUT2D eigenvalue weighted by Gasteiger charge is -2.33. The third-order valence-corrected chi connectivity index (χ3v) is 8.87. The van der Waals surface area contributed by atoms with Crippen LogP contribution < -0.4 is 10.6 Å². The lowest BCUT2D eigenvalue weighted by molar-refractivity contribution is -0.118. The Labute approximate surface area is 229 Å². The number of ether oxygens (including phenoxy) is 1. The summed E-state index contributed by atoms with van der Waals surface area (Å²) in [4.78, 5) is 40.3. The van der Waals surface area contributed by atoms with Gasteiger partial charge in [0.1, 0.15) is 5.00 Å². The first-order chi connectivity index (χ1) is 17.2. The number of thioether (sulfide) groups is 1. The molecule has 6 nitrogen and oxygen atoms in total. The van der Waals surface area contributed by atoms with Gasteiger partial charge in [-0.1, -0.05) is 47.6 Å². The highest BCUT2D eigenvalue weighted by atomic mass is 32.2. The maximum atomic E-state index is 13.2. The average molecular weight is 545 g/mol. The van der Waals surface area contributed by atoms with Crippen LogP contribution in [-0.2, 0) is 27.2 Å². The van der Waals surface area contributed by atoms with E-state index < -0.39 is 11.2 Å². The predicted molar refractivity (Wildman–Crippen MR) is 154 cm³/mol. The maximum absolute atomic E-state index is 13.2. The van der Waals surface area contributed by atoms with Gasteiger partial charge in [0.15, 0.2) is 0 Å². The van der Waals surface area contributed by atoms with Crippen LogP contribution in [0.4, 0.5) is 10.7 Å². The van der Waals surface area contributed by atoms with Crippen molar-refractivity contribution in [1.82, 2.24) is 0 Å². The summed E-state index contributed by atoms with van der Waals surface area (Å²) in [5.41, 5.74) is 2.32. The Bertz CT molecular complexity index is 1160. The molecular formula is C29H40N2O4S2. The largest absolute Gasteiger partial charge is 0.465 e. The van der Waals surface area contributed by atoms with E-state index in [4.69, 9.17) is 4.74 Å². The van der Waals surface area contributed by atoms with Crippen LogP contribution in [0.15, 0.2) is 29.2 Å². The van der Waals surface area contributed by atoms with E-state index in [0.717, 1.165) is 29.7 Å². The van der Waals surface area contributed by atoms with Gasteiger partial charge in [-0.2, -0.15) is 0 Å². The van der Waals surface area contributed by atoms with Gasteiger partial charge < -0.3 is 15.4 Å². The second-order valence-electron chi connectivity index (χ2n) is 12.1. The molecule has 0 saturated carbocycles. The normalized spacial score (nSPS) is 16.5. The van der Waals surface area contributed by atoms with Crippen molar-refractivity contribution in [1.29, 1.82) is 0 Å². The summed E-state index contributed by atoms with van der Waals surface area (Å²) >= 11 is 2.91. The lowest BCUT2D eigenvalue weighted by atomic mass is 9.72. The summed E-state index contributed by atoms with van der Waals surface area (Å²) in [6.45, 7) is 14.7. The van der Waals surface area contributed by atoms with E-state index in [9.17, 15) is 14.4 Å². The van der Waals surface area contributed by atoms with E-state index >= 15 is 0 Å². The van der Waals surface area contributed by atoms with Crippen LogP contribution in [0.1, 0.15) is 82.1 Å². The summed E-state index contributed by atoms with van der Waals surface area (Å²) in [5.74, 6) is -0.0891. The average Bonchev–Trinajstić information content (AvgIpc) is 3.13. The number of rotatable bonds is 7. The second-order valence-corrected chi connectivity index (χ2v) is 14.6. The Balaban J connectivity index is 1.72. The van der Waals surface area contributed by atoms with E-state index in [1.807, 2.05) is 52.0 Å². The van der Waals surface area contributed by atoms with E-state index in [1.165, 1.54) is 35.1 Å². The highest BCUT2D eigenvalue weighted by molar-refractivity contribution is 8.00. The van der Waals surface area contributed by atoms with Gasteiger partial charge in [0.25, 0.3) is 0 Å².